The van der Waals surface area contributed by atoms with Crippen LogP contribution in [0.4, 0.5) is 24.7 Å². The second kappa shape index (κ2) is 9.85. The zero-order chi connectivity index (χ0) is 27.9. The van der Waals surface area contributed by atoms with Gasteiger partial charge in [-0.1, -0.05) is 6.07 Å². The fraction of sp³-hybridized carbons (Fsp3) is 0.333. The van der Waals surface area contributed by atoms with E-state index in [0.717, 1.165) is 16.9 Å². The highest BCUT2D eigenvalue weighted by Crippen LogP contribution is 2.40. The van der Waals surface area contributed by atoms with E-state index in [9.17, 15) is 27.0 Å². The Bertz CT molecular complexity index is 1430. The molecule has 4 rings (SSSR count). The molecule has 1 saturated heterocycles. The number of amides is 2. The van der Waals surface area contributed by atoms with Crippen LogP contribution in [-0.4, -0.2) is 60.4 Å². The number of nitrogens with two attached hydrogens (primary N) is 1. The van der Waals surface area contributed by atoms with Crippen molar-refractivity contribution < 1.29 is 27.0 Å². The number of terminal acetylenes is 1. The van der Waals surface area contributed by atoms with Gasteiger partial charge in [0.2, 0.25) is 5.91 Å². The summed E-state index contributed by atoms with van der Waals surface area (Å²) in [7, 11) is -1.51. The molecule has 0 spiro atoms. The first-order valence-electron chi connectivity index (χ1n) is 10.9. The normalized spacial score (nSPS) is 16.3. The van der Waals surface area contributed by atoms with Crippen LogP contribution in [0.15, 0.2) is 35.5 Å². The van der Waals surface area contributed by atoms with Crippen molar-refractivity contribution in [3.63, 3.8) is 0 Å². The molecule has 2 N–H and O–H groups in total. The summed E-state index contributed by atoms with van der Waals surface area (Å²) < 4.78 is 54.8. The van der Waals surface area contributed by atoms with E-state index in [2.05, 4.69) is 22.9 Å². The second-order valence-corrected chi connectivity index (χ2v) is 10.0. The van der Waals surface area contributed by atoms with Crippen LogP contribution in [0.5, 0.6) is 0 Å². The molecule has 1 unspecified atom stereocenters. The summed E-state index contributed by atoms with van der Waals surface area (Å²) in [5, 5.41) is 3.96. The Labute approximate surface area is 213 Å². The maximum absolute atomic E-state index is 13.8. The second-order valence-electron chi connectivity index (χ2n) is 8.67. The van der Waals surface area contributed by atoms with E-state index in [0.29, 0.717) is 10.5 Å². The molecular weight excluding hydrogens is 509 g/mol. The highest BCUT2D eigenvalue weighted by Gasteiger charge is 2.44. The molecule has 1 fully saturated rings. The fourth-order valence-corrected chi connectivity index (χ4v) is 5.15. The Hall–Kier alpha value is -3.92. The van der Waals surface area contributed by atoms with E-state index in [4.69, 9.17) is 5.73 Å². The Balaban J connectivity index is 0.00000186. The van der Waals surface area contributed by atoms with Crippen molar-refractivity contribution in [3.05, 3.63) is 36.2 Å². The lowest BCUT2D eigenvalue weighted by atomic mass is 9.96. The molecule has 1 aromatic carbocycles. The summed E-state index contributed by atoms with van der Waals surface area (Å²) in [5.74, 6) is -0.986. The smallest absolute Gasteiger partial charge is 0.382 e. The molecule has 1 aliphatic rings. The van der Waals surface area contributed by atoms with Crippen LogP contribution < -0.4 is 10.6 Å². The number of benzene rings is 1. The van der Waals surface area contributed by atoms with E-state index in [1.807, 2.05) is 0 Å². The van der Waals surface area contributed by atoms with Crippen molar-refractivity contribution >= 4 is 39.6 Å². The first kappa shape index (κ1) is 27.7. The SMILES string of the molecule is C#C.CC(=O)N1CCN(c2cc(-c3cc(C(F)(F)F)c4c(N)ncnn34)ccc2S(C)=O)C(=O)C1(C)C. The van der Waals surface area contributed by atoms with Crippen LogP contribution in [0.3, 0.4) is 0 Å². The molecule has 3 aromatic rings. The largest absolute Gasteiger partial charge is 0.418 e. The van der Waals surface area contributed by atoms with Gasteiger partial charge in [0, 0.05) is 31.8 Å². The molecule has 0 saturated carbocycles. The molecular formula is C24H25F3N6O3S. The van der Waals surface area contributed by atoms with Crippen LogP contribution in [0.1, 0.15) is 26.3 Å². The minimum atomic E-state index is -4.71. The maximum atomic E-state index is 13.8. The number of nitrogens with zero attached hydrogens (tertiary/aromatic N) is 5. The molecule has 0 bridgehead atoms. The van der Waals surface area contributed by atoms with Gasteiger partial charge in [-0.15, -0.1) is 12.8 Å². The van der Waals surface area contributed by atoms with Gasteiger partial charge in [0.15, 0.2) is 5.82 Å². The molecule has 0 radical (unpaired) electrons. The summed E-state index contributed by atoms with van der Waals surface area (Å²) in [6.07, 6.45) is 5.79. The average molecular weight is 535 g/mol. The third-order valence-corrected chi connectivity index (χ3v) is 7.08. The van der Waals surface area contributed by atoms with Crippen LogP contribution in [0, 0.1) is 12.8 Å². The number of alkyl halides is 3. The van der Waals surface area contributed by atoms with Gasteiger partial charge in [0.05, 0.1) is 32.6 Å². The fourth-order valence-electron chi connectivity index (χ4n) is 4.43. The lowest BCUT2D eigenvalue weighted by Gasteiger charge is -2.45. The lowest BCUT2D eigenvalue weighted by molar-refractivity contribution is -0.145. The zero-order valence-electron chi connectivity index (χ0n) is 20.5. The van der Waals surface area contributed by atoms with E-state index >= 15 is 0 Å². The topological polar surface area (TPSA) is 114 Å². The first-order valence-corrected chi connectivity index (χ1v) is 12.4. The Kier molecular flexibility index (Phi) is 7.37. The molecule has 37 heavy (non-hydrogen) atoms. The summed E-state index contributed by atoms with van der Waals surface area (Å²) in [6, 6.07) is 5.45. The summed E-state index contributed by atoms with van der Waals surface area (Å²) in [5.41, 5.74) is 3.86. The molecule has 2 amide bonds. The van der Waals surface area contributed by atoms with E-state index in [1.165, 1.54) is 41.2 Å². The number of halogens is 3. The third kappa shape index (κ3) is 4.76. The van der Waals surface area contributed by atoms with E-state index in [1.54, 1.807) is 13.8 Å². The highest BCUT2D eigenvalue weighted by atomic mass is 32.2. The van der Waals surface area contributed by atoms with Crippen molar-refractivity contribution in [2.24, 2.45) is 0 Å². The van der Waals surface area contributed by atoms with Crippen LogP contribution in [0.2, 0.25) is 0 Å². The highest BCUT2D eigenvalue weighted by molar-refractivity contribution is 7.84. The zero-order valence-corrected chi connectivity index (χ0v) is 21.4. The van der Waals surface area contributed by atoms with Gasteiger partial charge in [-0.3, -0.25) is 13.8 Å². The quantitative estimate of drug-likeness (QED) is 0.517. The van der Waals surface area contributed by atoms with Crippen LogP contribution in [0.25, 0.3) is 16.8 Å². The van der Waals surface area contributed by atoms with Gasteiger partial charge in [-0.05, 0) is 32.0 Å². The van der Waals surface area contributed by atoms with Gasteiger partial charge < -0.3 is 15.5 Å². The predicted molar refractivity (Wildman–Crippen MR) is 134 cm³/mol. The third-order valence-electron chi connectivity index (χ3n) is 6.11. The minimum Gasteiger partial charge on any atom is -0.382 e. The number of piperazine rings is 1. The Morgan fingerprint density at radius 3 is 2.41 bits per heavy atom. The van der Waals surface area contributed by atoms with E-state index in [-0.39, 0.29) is 41.7 Å². The summed E-state index contributed by atoms with van der Waals surface area (Å²) in [4.78, 5) is 32.4. The van der Waals surface area contributed by atoms with Crippen molar-refractivity contribution in [1.82, 2.24) is 19.5 Å². The Morgan fingerprint density at radius 2 is 1.84 bits per heavy atom. The summed E-state index contributed by atoms with van der Waals surface area (Å²) in [6.45, 7) is 4.98. The first-order chi connectivity index (χ1) is 17.2. The maximum Gasteiger partial charge on any atom is 0.418 e. The van der Waals surface area contributed by atoms with Gasteiger partial charge in [-0.25, -0.2) is 9.50 Å². The molecule has 3 heterocycles. The number of aromatic nitrogens is 3. The standard InChI is InChI=1S/C22H23F3N6O3S.C2H2/c1-12(32)30-8-7-29(20(33)21(30,2)3)16-9-13(5-6-17(16)35(4)34)15-10-14(22(23,24)25)18-19(26)27-11-28-31(15)18;1-2/h5-6,9-11H,7-8H2,1-4H3,(H2,26,27,28);1-2H. The van der Waals surface area contributed by atoms with Gasteiger partial charge >= 0.3 is 6.18 Å². The average Bonchev–Trinajstić information content (AvgIpc) is 3.23. The van der Waals surface area contributed by atoms with Crippen molar-refractivity contribution in [3.8, 4) is 24.1 Å². The monoisotopic (exact) mass is 534 g/mol. The molecule has 0 aliphatic carbocycles. The number of carbonyl (C=O) groups is 2. The number of hydrogen-bond acceptors (Lipinski definition) is 6. The van der Waals surface area contributed by atoms with Crippen molar-refractivity contribution in [1.29, 1.82) is 0 Å². The number of fused-ring (bicyclic) bond motifs is 1. The van der Waals surface area contributed by atoms with Crippen molar-refractivity contribution in [2.45, 2.75) is 37.4 Å². The number of nitrogen functional groups attached to an aromatic ring is 1. The molecule has 2 aromatic heterocycles. The van der Waals surface area contributed by atoms with Crippen molar-refractivity contribution in [2.75, 3.05) is 30.0 Å². The number of carbonyl (C=O) groups excluding carboxylic acids is 2. The van der Waals surface area contributed by atoms with Crippen LogP contribution >= 0.6 is 0 Å². The molecule has 13 heteroatoms. The number of hydrogen-bond donors (Lipinski definition) is 1. The molecule has 1 atom stereocenters. The number of rotatable bonds is 3. The molecule has 196 valence electrons. The van der Waals surface area contributed by atoms with E-state index < -0.39 is 34.0 Å². The number of anilines is 2. The predicted octanol–water partition coefficient (Wildman–Crippen LogP) is 2.96. The minimum absolute atomic E-state index is 0.0743. The molecule has 9 nitrogen and oxygen atoms in total. The molecule has 1 aliphatic heterocycles. The van der Waals surface area contributed by atoms with Gasteiger partial charge in [0.1, 0.15) is 17.4 Å². The lowest BCUT2D eigenvalue weighted by Crippen LogP contribution is -2.64. The van der Waals surface area contributed by atoms with Gasteiger partial charge in [0.25, 0.3) is 5.91 Å². The Morgan fingerprint density at radius 1 is 1.19 bits per heavy atom. The van der Waals surface area contributed by atoms with Crippen LogP contribution in [-0.2, 0) is 26.6 Å². The summed E-state index contributed by atoms with van der Waals surface area (Å²) >= 11 is 0. The van der Waals surface area contributed by atoms with Gasteiger partial charge in [-0.2, -0.15) is 18.3 Å².